The summed E-state index contributed by atoms with van der Waals surface area (Å²) in [6.45, 7) is 0. The number of benzene rings is 3. The van der Waals surface area contributed by atoms with Gasteiger partial charge in [0.15, 0.2) is 17.3 Å². The van der Waals surface area contributed by atoms with E-state index >= 15 is 0 Å². The summed E-state index contributed by atoms with van der Waals surface area (Å²) in [6, 6.07) is 12.1. The largest absolute Gasteiger partial charge is 0.508 e. The standard InChI is InChI=1S/C15H10O7.C8H8O3/c16-7-4-10(19)12-11(5-7)22-15(14(21)13(12)20)6-1-2-8(17)9(18)3-6;1-11-7-5-3-2-4-6(7)8(9)10/h1-5,16-19,21H;2-5H,1H3,(H,9,10). The smallest absolute Gasteiger partial charge is 0.339 e. The molecule has 0 saturated heterocycles. The lowest BCUT2D eigenvalue weighted by Crippen LogP contribution is -2.02. The molecule has 1 heterocycles. The number of para-hydroxylation sites is 1. The topological polar surface area (TPSA) is 178 Å². The molecule has 10 nitrogen and oxygen atoms in total. The van der Waals surface area contributed by atoms with Crippen molar-refractivity contribution in [1.29, 1.82) is 0 Å². The molecule has 4 rings (SSSR count). The molecule has 4 aromatic rings. The number of aromatic hydroxyl groups is 5. The van der Waals surface area contributed by atoms with Gasteiger partial charge in [-0.15, -0.1) is 0 Å². The van der Waals surface area contributed by atoms with E-state index in [1.54, 1.807) is 18.2 Å². The molecular weight excluding hydrogens is 436 g/mol. The van der Waals surface area contributed by atoms with Crippen LogP contribution in [0.3, 0.4) is 0 Å². The van der Waals surface area contributed by atoms with E-state index < -0.39 is 28.6 Å². The number of aromatic carboxylic acids is 1. The van der Waals surface area contributed by atoms with Crippen LogP contribution in [0, 0.1) is 0 Å². The van der Waals surface area contributed by atoms with Crippen LogP contribution >= 0.6 is 0 Å². The van der Waals surface area contributed by atoms with Gasteiger partial charge in [-0.05, 0) is 30.3 Å². The molecule has 0 spiro atoms. The third-order valence-corrected chi connectivity index (χ3v) is 4.51. The molecule has 0 aliphatic carbocycles. The number of carboxylic acids is 1. The average Bonchev–Trinajstić information content (AvgIpc) is 2.78. The fraction of sp³-hybridized carbons (Fsp3) is 0.0435. The van der Waals surface area contributed by atoms with E-state index in [9.17, 15) is 35.1 Å². The van der Waals surface area contributed by atoms with Gasteiger partial charge in [0.2, 0.25) is 11.2 Å². The van der Waals surface area contributed by atoms with Gasteiger partial charge >= 0.3 is 5.97 Å². The molecule has 0 atom stereocenters. The van der Waals surface area contributed by atoms with Gasteiger partial charge in [-0.25, -0.2) is 4.79 Å². The normalized spacial score (nSPS) is 10.3. The van der Waals surface area contributed by atoms with Crippen LogP contribution in [0.5, 0.6) is 34.5 Å². The third-order valence-electron chi connectivity index (χ3n) is 4.51. The highest BCUT2D eigenvalue weighted by Crippen LogP contribution is 2.37. The fourth-order valence-corrected chi connectivity index (χ4v) is 2.96. The monoisotopic (exact) mass is 454 g/mol. The maximum absolute atomic E-state index is 12.1. The minimum atomic E-state index is -0.970. The molecule has 0 amide bonds. The maximum Gasteiger partial charge on any atom is 0.339 e. The van der Waals surface area contributed by atoms with Gasteiger partial charge in [0.25, 0.3) is 0 Å². The van der Waals surface area contributed by atoms with Crippen LogP contribution in [0.4, 0.5) is 0 Å². The molecule has 0 unspecified atom stereocenters. The number of hydrogen-bond donors (Lipinski definition) is 6. The van der Waals surface area contributed by atoms with Crippen LogP contribution < -0.4 is 10.2 Å². The molecule has 0 bridgehead atoms. The van der Waals surface area contributed by atoms with Gasteiger partial charge in [0.1, 0.15) is 33.8 Å². The van der Waals surface area contributed by atoms with E-state index in [0.29, 0.717) is 5.75 Å². The Bertz CT molecular complexity index is 1400. The number of carbonyl (C=O) groups is 1. The number of hydrogen-bond acceptors (Lipinski definition) is 9. The Hall–Kier alpha value is -4.86. The molecule has 0 saturated carbocycles. The number of phenols is 4. The van der Waals surface area contributed by atoms with E-state index in [0.717, 1.165) is 24.3 Å². The summed E-state index contributed by atoms with van der Waals surface area (Å²) in [5, 5.41) is 56.3. The lowest BCUT2D eigenvalue weighted by molar-refractivity contribution is 0.0693. The molecule has 1 aromatic heterocycles. The Balaban J connectivity index is 0.000000235. The van der Waals surface area contributed by atoms with E-state index in [-0.39, 0.29) is 39.4 Å². The van der Waals surface area contributed by atoms with E-state index in [1.807, 2.05) is 0 Å². The Morgan fingerprint density at radius 2 is 1.58 bits per heavy atom. The second-order valence-electron chi connectivity index (χ2n) is 6.66. The Morgan fingerprint density at radius 3 is 2.18 bits per heavy atom. The predicted molar refractivity (Wildman–Crippen MR) is 116 cm³/mol. The van der Waals surface area contributed by atoms with Gasteiger partial charge in [-0.3, -0.25) is 4.79 Å². The maximum atomic E-state index is 12.1. The summed E-state index contributed by atoms with van der Waals surface area (Å²) in [4.78, 5) is 22.6. The van der Waals surface area contributed by atoms with E-state index in [1.165, 1.54) is 19.2 Å². The number of methoxy groups -OCH3 is 1. The number of carboxylic acid groups (broad SMARTS) is 1. The van der Waals surface area contributed by atoms with Crippen LogP contribution in [0.25, 0.3) is 22.3 Å². The zero-order valence-corrected chi connectivity index (χ0v) is 17.0. The van der Waals surface area contributed by atoms with Gasteiger partial charge < -0.3 is 39.8 Å². The highest BCUT2D eigenvalue weighted by atomic mass is 16.5. The van der Waals surface area contributed by atoms with Crippen molar-refractivity contribution in [2.45, 2.75) is 0 Å². The summed E-state index contributed by atoms with van der Waals surface area (Å²) < 4.78 is 10.2. The molecule has 0 aliphatic heterocycles. The first-order valence-corrected chi connectivity index (χ1v) is 9.24. The van der Waals surface area contributed by atoms with Crippen molar-refractivity contribution in [3.8, 4) is 45.8 Å². The Labute approximate surface area is 185 Å². The first-order valence-electron chi connectivity index (χ1n) is 9.24. The van der Waals surface area contributed by atoms with Crippen molar-refractivity contribution in [2.75, 3.05) is 7.11 Å². The number of fused-ring (bicyclic) bond motifs is 1. The molecule has 10 heteroatoms. The van der Waals surface area contributed by atoms with Gasteiger partial charge in [-0.1, -0.05) is 12.1 Å². The quantitative estimate of drug-likeness (QED) is 0.251. The second-order valence-corrected chi connectivity index (χ2v) is 6.66. The summed E-state index contributed by atoms with van der Waals surface area (Å²) in [5.74, 6) is -3.30. The molecular formula is C23H18O10. The van der Waals surface area contributed by atoms with Crippen LogP contribution in [0.15, 0.2) is 63.8 Å². The molecule has 6 N–H and O–H groups in total. The number of rotatable bonds is 3. The minimum absolute atomic E-state index is 0.134. The van der Waals surface area contributed by atoms with Gasteiger partial charge in [0.05, 0.1) is 7.11 Å². The Morgan fingerprint density at radius 1 is 0.879 bits per heavy atom. The van der Waals surface area contributed by atoms with Gasteiger partial charge in [0, 0.05) is 17.7 Å². The van der Waals surface area contributed by atoms with Crippen molar-refractivity contribution < 1.29 is 44.6 Å². The minimum Gasteiger partial charge on any atom is -0.508 e. The zero-order chi connectivity index (χ0) is 24.3. The van der Waals surface area contributed by atoms with Crippen molar-refractivity contribution in [3.63, 3.8) is 0 Å². The van der Waals surface area contributed by atoms with E-state index in [4.69, 9.17) is 14.3 Å². The molecule has 33 heavy (non-hydrogen) atoms. The highest BCUT2D eigenvalue weighted by molar-refractivity contribution is 5.90. The lowest BCUT2D eigenvalue weighted by atomic mass is 10.1. The summed E-state index contributed by atoms with van der Waals surface area (Å²) in [7, 11) is 1.45. The van der Waals surface area contributed by atoms with Crippen LogP contribution in [0.1, 0.15) is 10.4 Å². The predicted octanol–water partition coefficient (Wildman–Crippen LogP) is 3.38. The number of phenolic OH excluding ortho intramolecular Hbond substituents is 4. The van der Waals surface area contributed by atoms with Crippen LogP contribution in [-0.2, 0) is 0 Å². The first-order chi connectivity index (χ1) is 15.6. The third kappa shape index (κ3) is 4.59. The molecule has 0 fully saturated rings. The molecule has 0 radical (unpaired) electrons. The lowest BCUT2D eigenvalue weighted by Gasteiger charge is -2.08. The van der Waals surface area contributed by atoms with Crippen LogP contribution in [-0.4, -0.2) is 43.7 Å². The number of ether oxygens (including phenoxy) is 1. The second kappa shape index (κ2) is 9.10. The molecule has 170 valence electrons. The molecule has 3 aromatic carbocycles. The first kappa shape index (κ1) is 22.8. The van der Waals surface area contributed by atoms with Crippen molar-refractivity contribution in [1.82, 2.24) is 0 Å². The SMILES string of the molecule is COc1ccccc1C(=O)O.O=c1c(O)c(-c2ccc(O)c(O)c2)oc2cc(O)cc(O)c12. The van der Waals surface area contributed by atoms with Crippen molar-refractivity contribution in [3.05, 3.63) is 70.4 Å². The zero-order valence-electron chi connectivity index (χ0n) is 17.0. The van der Waals surface area contributed by atoms with Crippen LogP contribution in [0.2, 0.25) is 0 Å². The highest BCUT2D eigenvalue weighted by Gasteiger charge is 2.19. The summed E-state index contributed by atoms with van der Waals surface area (Å²) in [6.07, 6.45) is 0. The summed E-state index contributed by atoms with van der Waals surface area (Å²) >= 11 is 0. The van der Waals surface area contributed by atoms with Crippen molar-refractivity contribution >= 4 is 16.9 Å². The fourth-order valence-electron chi connectivity index (χ4n) is 2.96. The van der Waals surface area contributed by atoms with E-state index in [2.05, 4.69) is 0 Å². The van der Waals surface area contributed by atoms with Gasteiger partial charge in [-0.2, -0.15) is 0 Å². The Kier molecular flexibility index (Phi) is 6.29. The summed E-state index contributed by atoms with van der Waals surface area (Å²) in [5.41, 5.74) is -0.700. The average molecular weight is 454 g/mol. The van der Waals surface area contributed by atoms with Crippen molar-refractivity contribution in [2.24, 2.45) is 0 Å². The molecule has 0 aliphatic rings.